The Balaban J connectivity index is 2.32. The number of hydrogen-bond donors (Lipinski definition) is 0. The summed E-state index contributed by atoms with van der Waals surface area (Å²) in [4.78, 5) is 11.9. The molecule has 0 amide bonds. The fourth-order valence-electron chi connectivity index (χ4n) is 1.29. The molecule has 2 aromatic rings. The largest absolute Gasteiger partial charge is 0.287 e. The quantitative estimate of drug-likeness (QED) is 0.728. The van der Waals surface area contributed by atoms with Crippen molar-refractivity contribution >= 4 is 17.4 Å². The lowest BCUT2D eigenvalue weighted by Gasteiger charge is -1.97. The van der Waals surface area contributed by atoms with Gasteiger partial charge in [0.25, 0.3) is 0 Å². The Morgan fingerprint density at radius 3 is 2.47 bits per heavy atom. The third-order valence-electron chi connectivity index (χ3n) is 2.05. The summed E-state index contributed by atoms with van der Waals surface area (Å²) in [7, 11) is 1.78. The predicted octanol–water partition coefficient (Wildman–Crippen LogP) is 2.30. The molecule has 0 atom stereocenters. The SMILES string of the molecule is Cn1ccc(C(=O)c2ccc(Cl)cc2)n1. The number of ketones is 1. The first-order valence-corrected chi connectivity index (χ1v) is 4.84. The summed E-state index contributed by atoms with van der Waals surface area (Å²) in [6.07, 6.45) is 1.74. The number of halogens is 1. The highest BCUT2D eigenvalue weighted by atomic mass is 35.5. The molecule has 0 radical (unpaired) electrons. The lowest BCUT2D eigenvalue weighted by molar-refractivity contribution is 0.103. The molecule has 0 spiro atoms. The Morgan fingerprint density at radius 1 is 1.27 bits per heavy atom. The van der Waals surface area contributed by atoms with E-state index < -0.39 is 0 Å². The van der Waals surface area contributed by atoms with Gasteiger partial charge in [-0.1, -0.05) is 11.6 Å². The van der Waals surface area contributed by atoms with Crippen molar-refractivity contribution in [3.8, 4) is 0 Å². The number of nitrogens with zero attached hydrogens (tertiary/aromatic N) is 2. The van der Waals surface area contributed by atoms with Crippen LogP contribution in [-0.2, 0) is 7.05 Å². The van der Waals surface area contributed by atoms with E-state index in [9.17, 15) is 4.79 Å². The fourth-order valence-corrected chi connectivity index (χ4v) is 1.41. The molecule has 1 heterocycles. The number of benzene rings is 1. The van der Waals surface area contributed by atoms with Crippen LogP contribution in [0.5, 0.6) is 0 Å². The van der Waals surface area contributed by atoms with Gasteiger partial charge in [-0.3, -0.25) is 9.48 Å². The Kier molecular flexibility index (Phi) is 2.56. The molecule has 76 valence electrons. The summed E-state index contributed by atoms with van der Waals surface area (Å²) >= 11 is 5.74. The van der Waals surface area contributed by atoms with Crippen LogP contribution < -0.4 is 0 Å². The van der Waals surface area contributed by atoms with Crippen LogP contribution in [-0.4, -0.2) is 15.6 Å². The van der Waals surface area contributed by atoms with Crippen molar-refractivity contribution in [2.45, 2.75) is 0 Å². The summed E-state index contributed by atoms with van der Waals surface area (Å²) in [6, 6.07) is 8.46. The molecule has 15 heavy (non-hydrogen) atoms. The van der Waals surface area contributed by atoms with E-state index in [2.05, 4.69) is 5.10 Å². The number of rotatable bonds is 2. The van der Waals surface area contributed by atoms with Gasteiger partial charge in [0.1, 0.15) is 5.69 Å². The third-order valence-corrected chi connectivity index (χ3v) is 2.30. The van der Waals surface area contributed by atoms with E-state index >= 15 is 0 Å². The van der Waals surface area contributed by atoms with Crippen LogP contribution in [0.2, 0.25) is 5.02 Å². The zero-order chi connectivity index (χ0) is 10.8. The maximum Gasteiger partial charge on any atom is 0.213 e. The van der Waals surface area contributed by atoms with Crippen molar-refractivity contribution in [1.82, 2.24) is 9.78 Å². The number of carbonyl (C=O) groups excluding carboxylic acids is 1. The Labute approximate surface area is 92.3 Å². The van der Waals surface area contributed by atoms with Crippen molar-refractivity contribution in [3.05, 3.63) is 52.8 Å². The van der Waals surface area contributed by atoms with Crippen molar-refractivity contribution in [3.63, 3.8) is 0 Å². The minimum absolute atomic E-state index is 0.0905. The average Bonchev–Trinajstić information content (AvgIpc) is 2.65. The molecule has 0 fully saturated rings. The lowest BCUT2D eigenvalue weighted by atomic mass is 10.1. The Bertz CT molecular complexity index is 488. The van der Waals surface area contributed by atoms with Gasteiger partial charge in [0, 0.05) is 23.8 Å². The summed E-state index contributed by atoms with van der Waals surface area (Å²) in [6.45, 7) is 0. The van der Waals surface area contributed by atoms with Gasteiger partial charge in [-0.2, -0.15) is 5.10 Å². The van der Waals surface area contributed by atoms with E-state index in [-0.39, 0.29) is 5.78 Å². The van der Waals surface area contributed by atoms with Crippen molar-refractivity contribution in [1.29, 1.82) is 0 Å². The first-order chi connectivity index (χ1) is 7.16. The predicted molar refractivity (Wildman–Crippen MR) is 58.1 cm³/mol. The topological polar surface area (TPSA) is 34.9 Å². The van der Waals surface area contributed by atoms with Crippen LogP contribution in [0.1, 0.15) is 16.1 Å². The summed E-state index contributed by atoms with van der Waals surface area (Å²) in [5.41, 5.74) is 1.04. The molecule has 2 rings (SSSR count). The molecule has 3 nitrogen and oxygen atoms in total. The third kappa shape index (κ3) is 2.07. The van der Waals surface area contributed by atoms with Crippen molar-refractivity contribution < 1.29 is 4.79 Å². The molecule has 0 aliphatic rings. The van der Waals surface area contributed by atoms with E-state index in [1.165, 1.54) is 0 Å². The normalized spacial score (nSPS) is 10.3. The molecular weight excluding hydrogens is 212 g/mol. The van der Waals surface area contributed by atoms with E-state index in [1.807, 2.05) is 0 Å². The highest BCUT2D eigenvalue weighted by Gasteiger charge is 2.10. The second-order valence-electron chi connectivity index (χ2n) is 3.21. The second kappa shape index (κ2) is 3.87. The van der Waals surface area contributed by atoms with Crippen LogP contribution in [0.15, 0.2) is 36.5 Å². The zero-order valence-electron chi connectivity index (χ0n) is 8.14. The Hall–Kier alpha value is -1.61. The van der Waals surface area contributed by atoms with Gasteiger partial charge in [0.05, 0.1) is 0 Å². The Morgan fingerprint density at radius 2 is 1.93 bits per heavy atom. The zero-order valence-corrected chi connectivity index (χ0v) is 8.90. The fraction of sp³-hybridized carbons (Fsp3) is 0.0909. The van der Waals surface area contributed by atoms with Crippen LogP contribution in [0.25, 0.3) is 0 Å². The molecule has 0 saturated heterocycles. The number of carbonyl (C=O) groups is 1. The molecule has 0 aliphatic carbocycles. The standard InChI is InChI=1S/C11H9ClN2O/c1-14-7-6-10(13-14)11(15)8-2-4-9(12)5-3-8/h2-7H,1H3. The molecule has 4 heteroatoms. The van der Waals surface area contributed by atoms with Crippen molar-refractivity contribution in [2.24, 2.45) is 7.05 Å². The number of aromatic nitrogens is 2. The second-order valence-corrected chi connectivity index (χ2v) is 3.65. The monoisotopic (exact) mass is 220 g/mol. The average molecular weight is 221 g/mol. The van der Waals surface area contributed by atoms with Gasteiger partial charge < -0.3 is 0 Å². The number of hydrogen-bond acceptors (Lipinski definition) is 2. The molecule has 0 N–H and O–H groups in total. The van der Waals surface area contributed by atoms with Crippen LogP contribution in [0.4, 0.5) is 0 Å². The van der Waals surface area contributed by atoms with Crippen LogP contribution in [0.3, 0.4) is 0 Å². The van der Waals surface area contributed by atoms with E-state index in [4.69, 9.17) is 11.6 Å². The van der Waals surface area contributed by atoms with Gasteiger partial charge >= 0.3 is 0 Å². The minimum Gasteiger partial charge on any atom is -0.287 e. The van der Waals surface area contributed by atoms with Gasteiger partial charge in [0.2, 0.25) is 5.78 Å². The minimum atomic E-state index is -0.0905. The first-order valence-electron chi connectivity index (χ1n) is 4.47. The summed E-state index contributed by atoms with van der Waals surface area (Å²) in [5, 5.41) is 4.66. The van der Waals surface area contributed by atoms with Crippen LogP contribution >= 0.6 is 11.6 Å². The van der Waals surface area contributed by atoms with E-state index in [0.717, 1.165) is 0 Å². The molecule has 0 aliphatic heterocycles. The van der Waals surface area contributed by atoms with Gasteiger partial charge in [-0.05, 0) is 30.3 Å². The molecule has 0 saturated carbocycles. The maximum atomic E-state index is 11.9. The molecule has 1 aromatic carbocycles. The van der Waals surface area contributed by atoms with Crippen molar-refractivity contribution in [2.75, 3.05) is 0 Å². The highest BCUT2D eigenvalue weighted by Crippen LogP contribution is 2.12. The molecular formula is C11H9ClN2O. The van der Waals surface area contributed by atoms with Gasteiger partial charge in [0.15, 0.2) is 0 Å². The lowest BCUT2D eigenvalue weighted by Crippen LogP contribution is -2.02. The maximum absolute atomic E-state index is 11.9. The van der Waals surface area contributed by atoms with Crippen LogP contribution in [0, 0.1) is 0 Å². The highest BCUT2D eigenvalue weighted by molar-refractivity contribution is 6.30. The van der Waals surface area contributed by atoms with E-state index in [0.29, 0.717) is 16.3 Å². The molecule has 0 bridgehead atoms. The molecule has 1 aromatic heterocycles. The van der Waals surface area contributed by atoms with Gasteiger partial charge in [-0.15, -0.1) is 0 Å². The number of aryl methyl sites for hydroxylation is 1. The first kappa shape index (κ1) is 9.93. The molecule has 0 unspecified atom stereocenters. The van der Waals surface area contributed by atoms with E-state index in [1.54, 1.807) is 48.3 Å². The van der Waals surface area contributed by atoms with Gasteiger partial charge in [-0.25, -0.2) is 0 Å². The summed E-state index contributed by atoms with van der Waals surface area (Å²) < 4.78 is 1.60. The smallest absolute Gasteiger partial charge is 0.213 e. The summed E-state index contributed by atoms with van der Waals surface area (Å²) in [5.74, 6) is -0.0905.